The van der Waals surface area contributed by atoms with Gasteiger partial charge in [-0.2, -0.15) is 0 Å². The Labute approximate surface area is 189 Å². The Morgan fingerprint density at radius 3 is 2.62 bits per heavy atom. The number of thiophene rings is 1. The molecule has 5 rings (SSSR count). The van der Waals surface area contributed by atoms with Gasteiger partial charge in [0.1, 0.15) is 17.3 Å². The molecule has 32 heavy (non-hydrogen) atoms. The van der Waals surface area contributed by atoms with Crippen LogP contribution in [-0.4, -0.2) is 59.2 Å². The Bertz CT molecular complexity index is 1250. The van der Waals surface area contributed by atoms with Crippen molar-refractivity contribution in [1.29, 1.82) is 0 Å². The van der Waals surface area contributed by atoms with Gasteiger partial charge in [0.2, 0.25) is 5.76 Å². The number of methoxy groups -OCH3 is 1. The van der Waals surface area contributed by atoms with Crippen molar-refractivity contribution in [2.24, 2.45) is 0 Å². The lowest BCUT2D eigenvalue weighted by molar-refractivity contribution is 0.0704. The predicted octanol–water partition coefficient (Wildman–Crippen LogP) is 3.76. The number of hydrogen-bond acceptors (Lipinski definition) is 8. The summed E-state index contributed by atoms with van der Waals surface area (Å²) in [6.07, 6.45) is 0. The number of carbonyl (C=O) groups excluding carboxylic acids is 1. The number of anilines is 1. The fourth-order valence-corrected chi connectivity index (χ4v) is 4.92. The van der Waals surface area contributed by atoms with Crippen LogP contribution in [0.5, 0.6) is 0 Å². The van der Waals surface area contributed by atoms with Crippen LogP contribution in [0.4, 0.5) is 5.82 Å². The minimum Gasteiger partial charge on any atom is -0.377 e. The molecular formula is C23H23N5O3S. The number of amides is 1. The van der Waals surface area contributed by atoms with Gasteiger partial charge in [0.15, 0.2) is 5.82 Å². The summed E-state index contributed by atoms with van der Waals surface area (Å²) in [5.74, 6) is 1.71. The van der Waals surface area contributed by atoms with E-state index >= 15 is 0 Å². The maximum atomic E-state index is 12.7. The van der Waals surface area contributed by atoms with Crippen LogP contribution >= 0.6 is 11.3 Å². The van der Waals surface area contributed by atoms with E-state index in [-0.39, 0.29) is 11.7 Å². The van der Waals surface area contributed by atoms with E-state index in [2.05, 4.69) is 27.6 Å². The quantitative estimate of drug-likeness (QED) is 0.459. The van der Waals surface area contributed by atoms with Gasteiger partial charge >= 0.3 is 0 Å². The molecule has 0 atom stereocenters. The number of nitrogens with zero attached hydrogens (tertiary/aromatic N) is 5. The number of benzene rings is 1. The Balaban J connectivity index is 1.46. The number of carbonyl (C=O) groups is 1. The van der Waals surface area contributed by atoms with E-state index in [4.69, 9.17) is 19.2 Å². The van der Waals surface area contributed by atoms with Gasteiger partial charge in [-0.05, 0) is 12.5 Å². The van der Waals surface area contributed by atoms with E-state index in [0.717, 1.165) is 27.2 Å². The average Bonchev–Trinajstić information content (AvgIpc) is 3.45. The summed E-state index contributed by atoms with van der Waals surface area (Å²) >= 11 is 1.61. The first-order valence-corrected chi connectivity index (χ1v) is 11.3. The largest absolute Gasteiger partial charge is 0.377 e. The van der Waals surface area contributed by atoms with Crippen molar-refractivity contribution >= 4 is 33.3 Å². The summed E-state index contributed by atoms with van der Waals surface area (Å²) in [4.78, 5) is 27.3. The van der Waals surface area contributed by atoms with Gasteiger partial charge in [-0.25, -0.2) is 9.97 Å². The lowest BCUT2D eigenvalue weighted by Gasteiger charge is -2.35. The molecule has 164 valence electrons. The van der Waals surface area contributed by atoms with Gasteiger partial charge in [-0.3, -0.25) is 4.79 Å². The minimum atomic E-state index is -0.126. The molecule has 1 fully saturated rings. The summed E-state index contributed by atoms with van der Waals surface area (Å²) in [6.45, 7) is 4.65. The van der Waals surface area contributed by atoms with Crippen LogP contribution in [0.2, 0.25) is 0 Å². The molecule has 8 nitrogen and oxygen atoms in total. The van der Waals surface area contributed by atoms with Crippen molar-refractivity contribution in [2.45, 2.75) is 13.5 Å². The van der Waals surface area contributed by atoms with Gasteiger partial charge in [0, 0.05) is 50.3 Å². The van der Waals surface area contributed by atoms with E-state index in [9.17, 15) is 4.79 Å². The topological polar surface area (TPSA) is 84.6 Å². The zero-order valence-corrected chi connectivity index (χ0v) is 18.8. The van der Waals surface area contributed by atoms with Crippen LogP contribution in [0.1, 0.15) is 22.1 Å². The highest BCUT2D eigenvalue weighted by atomic mass is 32.1. The van der Waals surface area contributed by atoms with Crippen molar-refractivity contribution in [2.75, 3.05) is 38.2 Å². The molecule has 0 spiro atoms. The van der Waals surface area contributed by atoms with Crippen LogP contribution < -0.4 is 4.90 Å². The molecule has 0 bridgehead atoms. The molecule has 0 radical (unpaired) electrons. The zero-order valence-electron chi connectivity index (χ0n) is 17.9. The summed E-state index contributed by atoms with van der Waals surface area (Å²) in [6, 6.07) is 12.0. The van der Waals surface area contributed by atoms with Gasteiger partial charge in [0.05, 0.1) is 11.1 Å². The summed E-state index contributed by atoms with van der Waals surface area (Å²) in [7, 11) is 1.65. The van der Waals surface area contributed by atoms with Crippen molar-refractivity contribution in [3.05, 3.63) is 59.1 Å². The molecule has 1 saturated heterocycles. The highest BCUT2D eigenvalue weighted by molar-refractivity contribution is 7.17. The second-order valence-corrected chi connectivity index (χ2v) is 8.56. The van der Waals surface area contributed by atoms with E-state index in [1.165, 1.54) is 0 Å². The van der Waals surface area contributed by atoms with Gasteiger partial charge in [-0.15, -0.1) is 11.3 Å². The molecule has 0 aliphatic carbocycles. The first-order valence-electron chi connectivity index (χ1n) is 10.4. The zero-order chi connectivity index (χ0) is 22.1. The highest BCUT2D eigenvalue weighted by Crippen LogP contribution is 2.38. The summed E-state index contributed by atoms with van der Waals surface area (Å²) < 4.78 is 10.5. The number of hydrogen-bond donors (Lipinski definition) is 0. The van der Waals surface area contributed by atoms with Gasteiger partial charge in [0.25, 0.3) is 5.91 Å². The molecule has 0 N–H and O–H groups in total. The van der Waals surface area contributed by atoms with Crippen LogP contribution in [-0.2, 0) is 11.3 Å². The van der Waals surface area contributed by atoms with Crippen molar-refractivity contribution in [3.8, 4) is 11.1 Å². The molecule has 0 saturated carbocycles. The molecule has 1 amide bonds. The smallest absolute Gasteiger partial charge is 0.292 e. The Hall–Kier alpha value is -3.30. The Kier molecular flexibility index (Phi) is 5.59. The molecule has 4 heterocycles. The first-order chi connectivity index (χ1) is 15.6. The second-order valence-electron chi connectivity index (χ2n) is 7.70. The maximum Gasteiger partial charge on any atom is 0.292 e. The second kappa shape index (κ2) is 8.68. The van der Waals surface area contributed by atoms with E-state index in [0.29, 0.717) is 44.3 Å². The third-order valence-electron chi connectivity index (χ3n) is 5.52. The Morgan fingerprint density at radius 2 is 1.94 bits per heavy atom. The minimum absolute atomic E-state index is 0.126. The highest BCUT2D eigenvalue weighted by Gasteiger charge is 2.27. The maximum absolute atomic E-state index is 12.7. The lowest BCUT2D eigenvalue weighted by Crippen LogP contribution is -2.49. The molecule has 0 unspecified atom stereocenters. The van der Waals surface area contributed by atoms with Crippen LogP contribution in [0.15, 0.2) is 46.3 Å². The lowest BCUT2D eigenvalue weighted by atomic mass is 10.1. The van der Waals surface area contributed by atoms with Crippen molar-refractivity contribution in [1.82, 2.24) is 20.0 Å². The standard InChI is InChI=1S/C23H23N5O3S/c1-15-12-18(31-26-15)23(29)28-10-8-27(9-11-28)21-20-17(16-6-4-3-5-7-16)14-32-22(20)25-19(24-21)13-30-2/h3-7,12,14H,8-11,13H2,1-2H3. The third kappa shape index (κ3) is 3.85. The first kappa shape index (κ1) is 20.6. The van der Waals surface area contributed by atoms with Crippen molar-refractivity contribution in [3.63, 3.8) is 0 Å². The summed E-state index contributed by atoms with van der Waals surface area (Å²) in [5, 5.41) is 7.02. The fourth-order valence-electron chi connectivity index (χ4n) is 3.96. The van der Waals surface area contributed by atoms with Crippen molar-refractivity contribution < 1.29 is 14.1 Å². The molecule has 4 aromatic rings. The average molecular weight is 450 g/mol. The third-order valence-corrected chi connectivity index (χ3v) is 6.40. The molecular weight excluding hydrogens is 426 g/mol. The van der Waals surface area contributed by atoms with E-state index < -0.39 is 0 Å². The van der Waals surface area contributed by atoms with Gasteiger partial charge < -0.3 is 19.1 Å². The number of fused-ring (bicyclic) bond motifs is 1. The van der Waals surface area contributed by atoms with Crippen LogP contribution in [0, 0.1) is 6.92 Å². The normalized spacial score (nSPS) is 14.3. The number of aromatic nitrogens is 3. The van der Waals surface area contributed by atoms with E-state index in [1.54, 1.807) is 36.3 Å². The van der Waals surface area contributed by atoms with Gasteiger partial charge in [-0.1, -0.05) is 35.5 Å². The Morgan fingerprint density at radius 1 is 1.16 bits per heavy atom. The van der Waals surface area contributed by atoms with E-state index in [1.807, 2.05) is 18.2 Å². The molecule has 1 aliphatic rings. The number of aryl methyl sites for hydroxylation is 1. The molecule has 1 aliphatic heterocycles. The SMILES string of the molecule is COCc1nc(N2CCN(C(=O)c3cc(C)no3)CC2)c2c(-c3ccccc3)csc2n1. The summed E-state index contributed by atoms with van der Waals surface area (Å²) in [5.41, 5.74) is 2.96. The number of piperazine rings is 1. The molecule has 9 heteroatoms. The van der Waals surface area contributed by atoms with Crippen LogP contribution in [0.3, 0.4) is 0 Å². The molecule has 1 aromatic carbocycles. The molecule has 3 aromatic heterocycles. The van der Waals surface area contributed by atoms with Crippen LogP contribution in [0.25, 0.3) is 21.3 Å². The fraction of sp³-hybridized carbons (Fsp3) is 0.304. The predicted molar refractivity (Wildman–Crippen MR) is 123 cm³/mol. The number of rotatable bonds is 5. The monoisotopic (exact) mass is 449 g/mol. The number of ether oxygens (including phenoxy) is 1.